The zero-order valence-corrected chi connectivity index (χ0v) is 15.8. The molecule has 0 unspecified atom stereocenters. The van der Waals surface area contributed by atoms with E-state index >= 15 is 0 Å². The zero-order valence-electron chi connectivity index (χ0n) is 15.8. The molecule has 0 fully saturated rings. The van der Waals surface area contributed by atoms with Crippen LogP contribution in [0.2, 0.25) is 0 Å². The van der Waals surface area contributed by atoms with Gasteiger partial charge >= 0.3 is 0 Å². The van der Waals surface area contributed by atoms with E-state index in [1.165, 1.54) is 89.9 Å². The monoisotopic (exact) mass is 310 g/mol. The Morgan fingerprint density at radius 1 is 0.591 bits per heavy atom. The fraction of sp³-hybridized carbons (Fsp3) is 0.952. The normalized spacial score (nSPS) is 11.3. The molecule has 1 nitrogen and oxygen atoms in total. The van der Waals surface area contributed by atoms with Crippen LogP contribution in [0.15, 0.2) is 0 Å². The van der Waals surface area contributed by atoms with Gasteiger partial charge in [-0.2, -0.15) is 0 Å². The summed E-state index contributed by atoms with van der Waals surface area (Å²) in [5.74, 6) is 0.781. The molecule has 0 aromatic rings. The average Bonchev–Trinajstić information content (AvgIpc) is 2.50. The summed E-state index contributed by atoms with van der Waals surface area (Å²) in [6.07, 6.45) is 21.1. The summed E-state index contributed by atoms with van der Waals surface area (Å²) in [7, 11) is 0. The van der Waals surface area contributed by atoms with E-state index < -0.39 is 0 Å². The van der Waals surface area contributed by atoms with Crippen LogP contribution in [-0.4, -0.2) is 5.78 Å². The van der Waals surface area contributed by atoms with E-state index in [1.54, 1.807) is 6.92 Å². The highest BCUT2D eigenvalue weighted by Gasteiger charge is 2.13. The van der Waals surface area contributed by atoms with E-state index in [0.717, 1.165) is 12.8 Å². The second kappa shape index (κ2) is 17.0. The lowest BCUT2D eigenvalue weighted by Crippen LogP contribution is -2.10. The predicted molar refractivity (Wildman–Crippen MR) is 99.4 cm³/mol. The molecule has 0 N–H and O–H groups in total. The number of carbonyl (C=O) groups is 1. The van der Waals surface area contributed by atoms with Gasteiger partial charge in [-0.3, -0.25) is 4.79 Å². The molecule has 0 saturated heterocycles. The van der Waals surface area contributed by atoms with Crippen molar-refractivity contribution in [3.63, 3.8) is 0 Å². The van der Waals surface area contributed by atoms with Crippen molar-refractivity contribution in [2.45, 2.75) is 124 Å². The van der Waals surface area contributed by atoms with Gasteiger partial charge in [-0.1, -0.05) is 104 Å². The standard InChI is InChI=1S/C21H42O/c1-4-6-8-10-12-14-16-18-21(20(3)22)19-17-15-13-11-9-7-5-2/h21H,4-19H2,1-3H3. The van der Waals surface area contributed by atoms with Gasteiger partial charge in [0.15, 0.2) is 0 Å². The number of rotatable bonds is 17. The second-order valence-electron chi connectivity index (χ2n) is 7.13. The minimum absolute atomic E-state index is 0.353. The van der Waals surface area contributed by atoms with Crippen LogP contribution in [-0.2, 0) is 4.79 Å². The van der Waals surface area contributed by atoms with Crippen LogP contribution >= 0.6 is 0 Å². The minimum Gasteiger partial charge on any atom is -0.300 e. The van der Waals surface area contributed by atoms with Gasteiger partial charge in [-0.15, -0.1) is 0 Å². The first-order chi connectivity index (χ1) is 10.7. The van der Waals surface area contributed by atoms with Crippen molar-refractivity contribution in [1.82, 2.24) is 0 Å². The highest BCUT2D eigenvalue weighted by Crippen LogP contribution is 2.20. The molecular weight excluding hydrogens is 268 g/mol. The molecule has 0 radical (unpaired) electrons. The van der Waals surface area contributed by atoms with Crippen LogP contribution in [0.5, 0.6) is 0 Å². The second-order valence-corrected chi connectivity index (χ2v) is 7.13. The summed E-state index contributed by atoms with van der Waals surface area (Å²) in [6.45, 7) is 6.33. The van der Waals surface area contributed by atoms with Gasteiger partial charge in [0, 0.05) is 5.92 Å². The first-order valence-corrected chi connectivity index (χ1v) is 10.2. The van der Waals surface area contributed by atoms with E-state index in [-0.39, 0.29) is 0 Å². The highest BCUT2D eigenvalue weighted by atomic mass is 16.1. The zero-order chi connectivity index (χ0) is 16.5. The maximum atomic E-state index is 11.8. The van der Waals surface area contributed by atoms with Crippen molar-refractivity contribution in [1.29, 1.82) is 0 Å². The SMILES string of the molecule is CCCCCCCCCC(CCCCCCCCC)C(C)=O. The van der Waals surface area contributed by atoms with Gasteiger partial charge in [-0.25, -0.2) is 0 Å². The van der Waals surface area contributed by atoms with Gasteiger partial charge in [-0.05, 0) is 19.8 Å². The van der Waals surface area contributed by atoms with Crippen LogP contribution in [0.3, 0.4) is 0 Å². The molecule has 0 spiro atoms. The van der Waals surface area contributed by atoms with E-state index in [9.17, 15) is 4.79 Å². The molecule has 0 aromatic heterocycles. The van der Waals surface area contributed by atoms with E-state index in [4.69, 9.17) is 0 Å². The third-order valence-corrected chi connectivity index (χ3v) is 4.89. The lowest BCUT2D eigenvalue weighted by atomic mass is 9.91. The fourth-order valence-corrected chi connectivity index (χ4v) is 3.25. The lowest BCUT2D eigenvalue weighted by Gasteiger charge is -2.13. The lowest BCUT2D eigenvalue weighted by molar-refractivity contribution is -0.121. The predicted octanol–water partition coefficient (Wildman–Crippen LogP) is 7.47. The Balaban J connectivity index is 3.51. The maximum Gasteiger partial charge on any atom is 0.132 e. The number of hydrogen-bond acceptors (Lipinski definition) is 1. The Bertz CT molecular complexity index is 216. The summed E-state index contributed by atoms with van der Waals surface area (Å²) < 4.78 is 0. The number of Topliss-reactive ketones (excluding diaryl/α,β-unsaturated/α-hetero) is 1. The molecule has 0 rings (SSSR count). The topological polar surface area (TPSA) is 17.1 Å². The Kier molecular flexibility index (Phi) is 16.8. The summed E-state index contributed by atoms with van der Waals surface area (Å²) in [5, 5.41) is 0. The van der Waals surface area contributed by atoms with Crippen molar-refractivity contribution in [3.05, 3.63) is 0 Å². The summed E-state index contributed by atoms with van der Waals surface area (Å²) in [4.78, 5) is 11.8. The third-order valence-electron chi connectivity index (χ3n) is 4.89. The van der Waals surface area contributed by atoms with Crippen LogP contribution in [0.4, 0.5) is 0 Å². The quantitative estimate of drug-likeness (QED) is 0.255. The molecule has 0 aliphatic rings. The first kappa shape index (κ1) is 21.7. The smallest absolute Gasteiger partial charge is 0.132 e. The molecule has 132 valence electrons. The van der Waals surface area contributed by atoms with Gasteiger partial charge < -0.3 is 0 Å². The molecular formula is C21H42O. The first-order valence-electron chi connectivity index (χ1n) is 10.2. The molecule has 22 heavy (non-hydrogen) atoms. The molecule has 0 bridgehead atoms. The third kappa shape index (κ3) is 14.6. The summed E-state index contributed by atoms with van der Waals surface area (Å²) in [6, 6.07) is 0. The van der Waals surface area contributed by atoms with Gasteiger partial charge in [0.1, 0.15) is 5.78 Å². The number of unbranched alkanes of at least 4 members (excludes halogenated alkanes) is 12. The summed E-state index contributed by atoms with van der Waals surface area (Å²) >= 11 is 0. The van der Waals surface area contributed by atoms with E-state index in [2.05, 4.69) is 13.8 Å². The largest absolute Gasteiger partial charge is 0.300 e. The Hall–Kier alpha value is -0.330. The van der Waals surface area contributed by atoms with Crippen molar-refractivity contribution in [3.8, 4) is 0 Å². The van der Waals surface area contributed by atoms with Gasteiger partial charge in [0.25, 0.3) is 0 Å². The van der Waals surface area contributed by atoms with E-state index in [1.807, 2.05) is 0 Å². The van der Waals surface area contributed by atoms with Crippen molar-refractivity contribution in [2.24, 2.45) is 5.92 Å². The van der Waals surface area contributed by atoms with Crippen LogP contribution in [0, 0.1) is 5.92 Å². The summed E-state index contributed by atoms with van der Waals surface area (Å²) in [5.41, 5.74) is 0. The van der Waals surface area contributed by atoms with E-state index in [0.29, 0.717) is 11.7 Å². The number of carbonyl (C=O) groups excluding carboxylic acids is 1. The van der Waals surface area contributed by atoms with Gasteiger partial charge in [0.2, 0.25) is 0 Å². The van der Waals surface area contributed by atoms with Gasteiger partial charge in [0.05, 0.1) is 0 Å². The maximum absolute atomic E-state index is 11.8. The molecule has 0 aliphatic carbocycles. The van der Waals surface area contributed by atoms with Crippen LogP contribution in [0.25, 0.3) is 0 Å². The van der Waals surface area contributed by atoms with Crippen LogP contribution < -0.4 is 0 Å². The van der Waals surface area contributed by atoms with Crippen molar-refractivity contribution < 1.29 is 4.79 Å². The molecule has 0 amide bonds. The molecule has 0 aromatic carbocycles. The number of hydrogen-bond donors (Lipinski definition) is 0. The fourth-order valence-electron chi connectivity index (χ4n) is 3.25. The minimum atomic E-state index is 0.353. The Labute approximate surface area is 140 Å². The highest BCUT2D eigenvalue weighted by molar-refractivity contribution is 5.78. The molecule has 0 aliphatic heterocycles. The average molecular weight is 311 g/mol. The molecule has 0 heterocycles. The molecule has 1 heteroatoms. The molecule has 0 atom stereocenters. The Morgan fingerprint density at radius 3 is 1.23 bits per heavy atom. The number of ketones is 1. The van der Waals surface area contributed by atoms with Crippen molar-refractivity contribution in [2.75, 3.05) is 0 Å². The van der Waals surface area contributed by atoms with Crippen LogP contribution in [0.1, 0.15) is 124 Å². The Morgan fingerprint density at radius 2 is 0.909 bits per heavy atom. The van der Waals surface area contributed by atoms with Crippen molar-refractivity contribution >= 4 is 5.78 Å². The molecule has 0 saturated carbocycles.